The van der Waals surface area contributed by atoms with Crippen LogP contribution in [0.3, 0.4) is 0 Å². The van der Waals surface area contributed by atoms with Gasteiger partial charge in [-0.1, -0.05) is 0 Å². The van der Waals surface area contributed by atoms with Crippen molar-refractivity contribution in [2.75, 3.05) is 18.6 Å². The number of amides is 2. The zero-order valence-electron chi connectivity index (χ0n) is 16.5. The van der Waals surface area contributed by atoms with Gasteiger partial charge in [0.2, 0.25) is 11.8 Å². The number of methoxy groups -OCH3 is 1. The molecule has 2 amide bonds. The lowest BCUT2D eigenvalue weighted by Crippen LogP contribution is -2.46. The van der Waals surface area contributed by atoms with Crippen molar-refractivity contribution in [1.29, 1.82) is 0 Å². The van der Waals surface area contributed by atoms with Gasteiger partial charge in [0.1, 0.15) is 11.6 Å². The topological polar surface area (TPSA) is 66.9 Å². The molecule has 154 valence electrons. The molecule has 4 atom stereocenters. The number of ether oxygens (including phenoxy) is 1. The third-order valence-electron chi connectivity index (χ3n) is 6.58. The van der Waals surface area contributed by atoms with Crippen LogP contribution in [0, 0.1) is 17.7 Å². The standard InChI is InChI=1S/C23H21FN2O4/c1-30-16-10-8-15(9-11-16)26-22(28)18-17-3-2-12-25(17)20(19(18)23(26)29)21(27)13-4-6-14(24)7-5-13/h4-11,17-20H,2-3,12H2,1H3/t17-,18-,19+,20+/m1/s1. The number of fused-ring (bicyclic) bond motifs is 3. The number of carbonyl (C=O) groups is 3. The van der Waals surface area contributed by atoms with Crippen molar-refractivity contribution in [1.82, 2.24) is 4.90 Å². The number of anilines is 1. The van der Waals surface area contributed by atoms with Gasteiger partial charge in [0, 0.05) is 11.6 Å². The number of hydrogen-bond donors (Lipinski definition) is 0. The quantitative estimate of drug-likeness (QED) is 0.575. The van der Waals surface area contributed by atoms with Gasteiger partial charge in [-0.25, -0.2) is 9.29 Å². The van der Waals surface area contributed by atoms with E-state index < -0.39 is 23.7 Å². The first-order chi connectivity index (χ1) is 14.5. The van der Waals surface area contributed by atoms with Gasteiger partial charge in [0.15, 0.2) is 5.78 Å². The highest BCUT2D eigenvalue weighted by atomic mass is 19.1. The van der Waals surface area contributed by atoms with E-state index in [1.54, 1.807) is 31.4 Å². The predicted molar refractivity (Wildman–Crippen MR) is 107 cm³/mol. The summed E-state index contributed by atoms with van der Waals surface area (Å²) < 4.78 is 18.5. The number of nitrogens with zero attached hydrogens (tertiary/aromatic N) is 2. The molecule has 6 nitrogen and oxygen atoms in total. The molecule has 3 fully saturated rings. The van der Waals surface area contributed by atoms with Crippen LogP contribution >= 0.6 is 0 Å². The van der Waals surface area contributed by atoms with Crippen LogP contribution in [0.1, 0.15) is 23.2 Å². The smallest absolute Gasteiger partial charge is 0.239 e. The minimum atomic E-state index is -0.720. The number of Topliss-reactive ketones (excluding diaryl/α,β-unsaturated/α-hetero) is 1. The van der Waals surface area contributed by atoms with Gasteiger partial charge in [-0.05, 0) is 67.9 Å². The van der Waals surface area contributed by atoms with Crippen LogP contribution in [0.25, 0.3) is 0 Å². The Morgan fingerprint density at radius 1 is 1.00 bits per heavy atom. The monoisotopic (exact) mass is 408 g/mol. The predicted octanol–water partition coefficient (Wildman–Crippen LogP) is 2.67. The van der Waals surface area contributed by atoms with Crippen molar-refractivity contribution in [3.63, 3.8) is 0 Å². The molecule has 0 unspecified atom stereocenters. The summed E-state index contributed by atoms with van der Waals surface area (Å²) >= 11 is 0. The lowest BCUT2D eigenvalue weighted by molar-refractivity contribution is -0.123. The molecule has 2 aromatic carbocycles. The molecule has 0 spiro atoms. The molecule has 0 radical (unpaired) electrons. The average Bonchev–Trinajstić information content (AvgIpc) is 3.40. The molecule has 3 aliphatic heterocycles. The van der Waals surface area contributed by atoms with Crippen molar-refractivity contribution in [2.45, 2.75) is 24.9 Å². The first-order valence-electron chi connectivity index (χ1n) is 10.1. The fourth-order valence-electron chi connectivity index (χ4n) is 5.29. The molecule has 3 aliphatic rings. The molecule has 0 aliphatic carbocycles. The maximum absolute atomic E-state index is 13.4. The first kappa shape index (κ1) is 18.9. The number of benzene rings is 2. The lowest BCUT2D eigenvalue weighted by Gasteiger charge is -2.27. The molecule has 3 heterocycles. The van der Waals surface area contributed by atoms with E-state index in [9.17, 15) is 18.8 Å². The number of carbonyl (C=O) groups excluding carboxylic acids is 3. The normalized spacial score (nSPS) is 28.0. The SMILES string of the molecule is COc1ccc(N2C(=O)[C@H]3[C@H](C2=O)[C@@H](C(=O)c2ccc(F)cc2)N2CCC[C@H]32)cc1. The Hall–Kier alpha value is -3.06. The summed E-state index contributed by atoms with van der Waals surface area (Å²) in [7, 11) is 1.55. The average molecular weight is 408 g/mol. The molecule has 0 bridgehead atoms. The maximum Gasteiger partial charge on any atom is 0.239 e. The fraction of sp³-hybridized carbons (Fsp3) is 0.348. The van der Waals surface area contributed by atoms with Crippen molar-refractivity contribution < 1.29 is 23.5 Å². The number of rotatable bonds is 4. The lowest BCUT2D eigenvalue weighted by atomic mass is 9.85. The summed E-state index contributed by atoms with van der Waals surface area (Å²) in [5, 5.41) is 0. The third kappa shape index (κ3) is 2.69. The van der Waals surface area contributed by atoms with Gasteiger partial charge in [0.05, 0.1) is 30.7 Å². The van der Waals surface area contributed by atoms with Gasteiger partial charge < -0.3 is 4.74 Å². The van der Waals surface area contributed by atoms with Gasteiger partial charge in [-0.15, -0.1) is 0 Å². The van der Waals surface area contributed by atoms with Crippen LogP contribution in [0.4, 0.5) is 10.1 Å². The van der Waals surface area contributed by atoms with E-state index in [1.165, 1.54) is 29.2 Å². The molecule has 0 saturated carbocycles. The van der Waals surface area contributed by atoms with Crippen LogP contribution in [-0.2, 0) is 9.59 Å². The van der Waals surface area contributed by atoms with E-state index in [2.05, 4.69) is 0 Å². The third-order valence-corrected chi connectivity index (χ3v) is 6.58. The second kappa shape index (κ2) is 7.02. The maximum atomic E-state index is 13.4. The van der Waals surface area contributed by atoms with Gasteiger partial charge >= 0.3 is 0 Å². The Bertz CT molecular complexity index is 1020. The minimum absolute atomic E-state index is 0.121. The van der Waals surface area contributed by atoms with Gasteiger partial charge in [-0.2, -0.15) is 0 Å². The van der Waals surface area contributed by atoms with Crippen LogP contribution < -0.4 is 9.64 Å². The van der Waals surface area contributed by atoms with Crippen molar-refractivity contribution in [3.05, 3.63) is 59.9 Å². The molecule has 2 aromatic rings. The van der Waals surface area contributed by atoms with Crippen LogP contribution in [0.15, 0.2) is 48.5 Å². The number of imide groups is 1. The van der Waals surface area contributed by atoms with E-state index in [0.717, 1.165) is 12.8 Å². The van der Waals surface area contributed by atoms with Crippen LogP contribution in [0.5, 0.6) is 5.75 Å². The molecule has 7 heteroatoms. The number of ketones is 1. The van der Waals surface area contributed by atoms with Gasteiger partial charge in [0.25, 0.3) is 0 Å². The van der Waals surface area contributed by atoms with E-state index >= 15 is 0 Å². The van der Waals surface area contributed by atoms with Gasteiger partial charge in [-0.3, -0.25) is 19.3 Å². The Morgan fingerprint density at radius 3 is 2.33 bits per heavy atom. The Kier molecular flexibility index (Phi) is 4.43. The second-order valence-electron chi connectivity index (χ2n) is 8.02. The minimum Gasteiger partial charge on any atom is -0.497 e. The molecule has 0 aromatic heterocycles. The summed E-state index contributed by atoms with van der Waals surface area (Å²) in [6, 6.07) is 11.3. The summed E-state index contributed by atoms with van der Waals surface area (Å²) in [6.07, 6.45) is 1.66. The Labute approximate surface area is 173 Å². The van der Waals surface area contributed by atoms with Crippen molar-refractivity contribution in [2.24, 2.45) is 11.8 Å². The number of halogens is 1. The second-order valence-corrected chi connectivity index (χ2v) is 8.02. The Morgan fingerprint density at radius 2 is 1.67 bits per heavy atom. The zero-order valence-corrected chi connectivity index (χ0v) is 16.5. The fourth-order valence-corrected chi connectivity index (χ4v) is 5.29. The zero-order chi connectivity index (χ0) is 21.0. The summed E-state index contributed by atoms with van der Waals surface area (Å²) in [5.74, 6) is -1.87. The molecule has 3 saturated heterocycles. The Balaban J connectivity index is 1.52. The molecule has 0 N–H and O–H groups in total. The molecule has 5 rings (SSSR count). The summed E-state index contributed by atoms with van der Waals surface area (Å²) in [4.78, 5) is 43.3. The van der Waals surface area contributed by atoms with E-state index in [0.29, 0.717) is 23.5 Å². The summed E-state index contributed by atoms with van der Waals surface area (Å²) in [6.45, 7) is 0.679. The highest BCUT2D eigenvalue weighted by Gasteiger charge is 2.64. The molecule has 30 heavy (non-hydrogen) atoms. The van der Waals surface area contributed by atoms with Crippen LogP contribution in [-0.4, -0.2) is 48.2 Å². The molecular weight excluding hydrogens is 387 g/mol. The van der Waals surface area contributed by atoms with Crippen molar-refractivity contribution >= 4 is 23.3 Å². The highest BCUT2D eigenvalue weighted by molar-refractivity contribution is 6.24. The molecular formula is C23H21FN2O4. The van der Waals surface area contributed by atoms with Crippen LogP contribution in [0.2, 0.25) is 0 Å². The van der Waals surface area contributed by atoms with E-state index in [-0.39, 0.29) is 23.6 Å². The van der Waals surface area contributed by atoms with E-state index in [4.69, 9.17) is 4.74 Å². The highest BCUT2D eigenvalue weighted by Crippen LogP contribution is 2.48. The van der Waals surface area contributed by atoms with E-state index in [1.807, 2.05) is 4.90 Å². The van der Waals surface area contributed by atoms with Crippen molar-refractivity contribution in [3.8, 4) is 5.75 Å². The first-order valence-corrected chi connectivity index (χ1v) is 10.1. The summed E-state index contributed by atoms with van der Waals surface area (Å²) in [5.41, 5.74) is 0.841. The largest absolute Gasteiger partial charge is 0.497 e. The number of hydrogen-bond acceptors (Lipinski definition) is 5.